The standard InChI is InChI=1S/C22H18N4/c1-2-7-18(8-3-1)25-20-9-4-5-10-21(20)26-19-13-11-17(12-14-19)22-23-15-6-16-24-22/h1-16,25-26H. The zero-order valence-corrected chi connectivity index (χ0v) is 14.1. The van der Waals surface area contributed by atoms with Crippen molar-refractivity contribution in [3.05, 3.63) is 97.3 Å². The number of hydrogen-bond acceptors (Lipinski definition) is 4. The van der Waals surface area contributed by atoms with Gasteiger partial charge in [0.15, 0.2) is 5.82 Å². The second-order valence-corrected chi connectivity index (χ2v) is 5.81. The highest BCUT2D eigenvalue weighted by Crippen LogP contribution is 2.28. The van der Waals surface area contributed by atoms with E-state index in [1.165, 1.54) is 0 Å². The van der Waals surface area contributed by atoms with Crippen molar-refractivity contribution in [3.63, 3.8) is 0 Å². The molecule has 4 heteroatoms. The molecule has 4 aromatic rings. The summed E-state index contributed by atoms with van der Waals surface area (Å²) in [5.74, 6) is 0.727. The molecule has 1 aromatic heterocycles. The van der Waals surface area contributed by atoms with Gasteiger partial charge in [-0.05, 0) is 54.6 Å². The Hall–Kier alpha value is -3.66. The lowest BCUT2D eigenvalue weighted by atomic mass is 10.2. The molecule has 0 radical (unpaired) electrons. The number of rotatable bonds is 5. The molecule has 4 rings (SSSR count). The van der Waals surface area contributed by atoms with Crippen molar-refractivity contribution in [3.8, 4) is 11.4 Å². The average Bonchev–Trinajstić information content (AvgIpc) is 2.72. The van der Waals surface area contributed by atoms with Crippen LogP contribution in [0.4, 0.5) is 22.7 Å². The van der Waals surface area contributed by atoms with Crippen LogP contribution in [0.15, 0.2) is 97.3 Å². The lowest BCUT2D eigenvalue weighted by molar-refractivity contribution is 1.18. The van der Waals surface area contributed by atoms with Crippen LogP contribution < -0.4 is 10.6 Å². The van der Waals surface area contributed by atoms with Crippen LogP contribution in [0.2, 0.25) is 0 Å². The largest absolute Gasteiger partial charge is 0.354 e. The highest BCUT2D eigenvalue weighted by molar-refractivity contribution is 5.78. The van der Waals surface area contributed by atoms with Gasteiger partial charge in [-0.25, -0.2) is 9.97 Å². The SMILES string of the molecule is c1ccc(Nc2ccccc2Nc2ccc(-c3ncccn3)cc2)cc1. The molecule has 0 aliphatic heterocycles. The van der Waals surface area contributed by atoms with Crippen LogP contribution in [0.3, 0.4) is 0 Å². The maximum atomic E-state index is 4.28. The van der Waals surface area contributed by atoms with Gasteiger partial charge < -0.3 is 10.6 Å². The molecule has 0 fully saturated rings. The Morgan fingerprint density at radius 1 is 0.500 bits per heavy atom. The summed E-state index contributed by atoms with van der Waals surface area (Å²) < 4.78 is 0. The monoisotopic (exact) mass is 338 g/mol. The summed E-state index contributed by atoms with van der Waals surface area (Å²) >= 11 is 0. The number of anilines is 4. The molecule has 0 saturated heterocycles. The van der Waals surface area contributed by atoms with Crippen molar-refractivity contribution in [2.45, 2.75) is 0 Å². The Balaban J connectivity index is 1.54. The first kappa shape index (κ1) is 15.8. The first-order chi connectivity index (χ1) is 12.9. The second kappa shape index (κ2) is 7.49. The minimum absolute atomic E-state index is 0.727. The number of para-hydroxylation sites is 3. The summed E-state index contributed by atoms with van der Waals surface area (Å²) in [7, 11) is 0. The van der Waals surface area contributed by atoms with Gasteiger partial charge in [0.1, 0.15) is 0 Å². The Labute approximate surface area is 152 Å². The second-order valence-electron chi connectivity index (χ2n) is 5.81. The van der Waals surface area contributed by atoms with E-state index in [9.17, 15) is 0 Å². The van der Waals surface area contributed by atoms with Gasteiger partial charge in [0, 0.05) is 29.3 Å². The van der Waals surface area contributed by atoms with Gasteiger partial charge in [0.25, 0.3) is 0 Å². The van der Waals surface area contributed by atoms with Gasteiger partial charge in [-0.3, -0.25) is 0 Å². The Morgan fingerprint density at radius 2 is 1.04 bits per heavy atom. The summed E-state index contributed by atoms with van der Waals surface area (Å²) in [4.78, 5) is 8.56. The lowest BCUT2D eigenvalue weighted by Gasteiger charge is -2.14. The van der Waals surface area contributed by atoms with E-state index in [0.29, 0.717) is 0 Å². The summed E-state index contributed by atoms with van der Waals surface area (Å²) in [6, 6.07) is 28.2. The molecule has 2 N–H and O–H groups in total. The van der Waals surface area contributed by atoms with E-state index < -0.39 is 0 Å². The smallest absolute Gasteiger partial charge is 0.159 e. The molecule has 1 heterocycles. The molecule has 0 spiro atoms. The van der Waals surface area contributed by atoms with Crippen LogP contribution in [0.5, 0.6) is 0 Å². The van der Waals surface area contributed by atoms with E-state index >= 15 is 0 Å². The van der Waals surface area contributed by atoms with Gasteiger partial charge in [-0.1, -0.05) is 30.3 Å². The van der Waals surface area contributed by atoms with Gasteiger partial charge >= 0.3 is 0 Å². The fourth-order valence-electron chi connectivity index (χ4n) is 2.68. The molecule has 0 aliphatic carbocycles. The van der Waals surface area contributed by atoms with Gasteiger partial charge in [-0.2, -0.15) is 0 Å². The van der Waals surface area contributed by atoms with E-state index in [2.05, 4.69) is 32.7 Å². The van der Waals surface area contributed by atoms with E-state index in [-0.39, 0.29) is 0 Å². The molecular weight excluding hydrogens is 320 g/mol. The van der Waals surface area contributed by atoms with Crippen molar-refractivity contribution in [1.82, 2.24) is 9.97 Å². The molecule has 0 bridgehead atoms. The minimum Gasteiger partial charge on any atom is -0.354 e. The van der Waals surface area contributed by atoms with E-state index in [0.717, 1.165) is 34.1 Å². The molecule has 0 saturated carbocycles. The molecular formula is C22H18N4. The van der Waals surface area contributed by atoms with Crippen molar-refractivity contribution in [1.29, 1.82) is 0 Å². The predicted molar refractivity (Wildman–Crippen MR) is 107 cm³/mol. The number of nitrogens with zero attached hydrogens (tertiary/aromatic N) is 2. The van der Waals surface area contributed by atoms with E-state index in [1.54, 1.807) is 12.4 Å². The number of benzene rings is 3. The predicted octanol–water partition coefficient (Wildman–Crippen LogP) is 5.63. The minimum atomic E-state index is 0.727. The molecule has 0 amide bonds. The summed E-state index contributed by atoms with van der Waals surface area (Å²) in [5.41, 5.74) is 5.09. The molecule has 126 valence electrons. The molecule has 4 nitrogen and oxygen atoms in total. The van der Waals surface area contributed by atoms with Crippen molar-refractivity contribution >= 4 is 22.7 Å². The Morgan fingerprint density at radius 3 is 1.65 bits per heavy atom. The highest BCUT2D eigenvalue weighted by Gasteiger charge is 2.04. The zero-order chi connectivity index (χ0) is 17.6. The van der Waals surface area contributed by atoms with Crippen molar-refractivity contribution in [2.75, 3.05) is 10.6 Å². The van der Waals surface area contributed by atoms with Gasteiger partial charge in [0.05, 0.1) is 11.4 Å². The molecule has 3 aromatic carbocycles. The summed E-state index contributed by atoms with van der Waals surface area (Å²) in [6.07, 6.45) is 3.50. The van der Waals surface area contributed by atoms with Crippen LogP contribution in [0.25, 0.3) is 11.4 Å². The Kier molecular flexibility index (Phi) is 4.56. The molecule has 26 heavy (non-hydrogen) atoms. The quantitative estimate of drug-likeness (QED) is 0.495. The van der Waals surface area contributed by atoms with Gasteiger partial charge in [0.2, 0.25) is 0 Å². The number of nitrogens with one attached hydrogen (secondary N) is 2. The van der Waals surface area contributed by atoms with Crippen LogP contribution in [-0.4, -0.2) is 9.97 Å². The third-order valence-corrected chi connectivity index (χ3v) is 3.97. The summed E-state index contributed by atoms with van der Waals surface area (Å²) in [6.45, 7) is 0. The van der Waals surface area contributed by atoms with Gasteiger partial charge in [-0.15, -0.1) is 0 Å². The normalized spacial score (nSPS) is 10.3. The summed E-state index contributed by atoms with van der Waals surface area (Å²) in [5, 5.41) is 6.92. The van der Waals surface area contributed by atoms with E-state index in [4.69, 9.17) is 0 Å². The third-order valence-electron chi connectivity index (χ3n) is 3.97. The fourth-order valence-corrected chi connectivity index (χ4v) is 2.68. The number of hydrogen-bond donors (Lipinski definition) is 2. The maximum absolute atomic E-state index is 4.28. The van der Waals surface area contributed by atoms with Crippen LogP contribution >= 0.6 is 0 Å². The maximum Gasteiger partial charge on any atom is 0.159 e. The van der Waals surface area contributed by atoms with E-state index in [1.807, 2.05) is 72.8 Å². The third kappa shape index (κ3) is 3.70. The Bertz CT molecular complexity index is 968. The highest BCUT2D eigenvalue weighted by atomic mass is 15.0. The van der Waals surface area contributed by atoms with Crippen LogP contribution in [-0.2, 0) is 0 Å². The first-order valence-electron chi connectivity index (χ1n) is 8.44. The number of aromatic nitrogens is 2. The zero-order valence-electron chi connectivity index (χ0n) is 14.1. The topological polar surface area (TPSA) is 49.8 Å². The fraction of sp³-hybridized carbons (Fsp3) is 0. The average molecular weight is 338 g/mol. The lowest BCUT2D eigenvalue weighted by Crippen LogP contribution is -1.97. The van der Waals surface area contributed by atoms with Crippen LogP contribution in [0, 0.1) is 0 Å². The molecule has 0 atom stereocenters. The molecule has 0 aliphatic rings. The van der Waals surface area contributed by atoms with Crippen molar-refractivity contribution in [2.24, 2.45) is 0 Å². The van der Waals surface area contributed by atoms with Crippen molar-refractivity contribution < 1.29 is 0 Å². The first-order valence-corrected chi connectivity index (χ1v) is 8.44. The molecule has 0 unspecified atom stereocenters. The van der Waals surface area contributed by atoms with Crippen LogP contribution in [0.1, 0.15) is 0 Å².